The molecule has 0 saturated carbocycles. The monoisotopic (exact) mass is 283 g/mol. The molecule has 0 bridgehead atoms. The third-order valence-electron chi connectivity index (χ3n) is 3.69. The molecule has 0 atom stereocenters. The number of benzene rings is 1. The van der Waals surface area contributed by atoms with E-state index < -0.39 is 0 Å². The van der Waals surface area contributed by atoms with Crippen LogP contribution in [0.25, 0.3) is 0 Å². The van der Waals surface area contributed by atoms with Crippen LogP contribution < -0.4 is 15.1 Å². The highest BCUT2D eigenvalue weighted by molar-refractivity contribution is 5.78. The number of aromatic nitrogens is 2. The van der Waals surface area contributed by atoms with Crippen LogP contribution in [0.15, 0.2) is 30.3 Å². The maximum absolute atomic E-state index is 4.66. The number of para-hydroxylation sites is 2. The van der Waals surface area contributed by atoms with Crippen molar-refractivity contribution in [1.82, 2.24) is 9.97 Å². The summed E-state index contributed by atoms with van der Waals surface area (Å²) in [5.74, 6) is 1.66. The fourth-order valence-corrected chi connectivity index (χ4v) is 2.67. The summed E-state index contributed by atoms with van der Waals surface area (Å²) in [7, 11) is 2.13. The number of nitrogens with one attached hydrogen (secondary N) is 1. The average Bonchev–Trinajstić information content (AvgIpc) is 2.47. The Hall–Kier alpha value is -2.30. The van der Waals surface area contributed by atoms with Gasteiger partial charge < -0.3 is 15.1 Å². The van der Waals surface area contributed by atoms with Crippen molar-refractivity contribution in [2.75, 3.05) is 41.8 Å². The van der Waals surface area contributed by atoms with Crippen molar-refractivity contribution in [2.45, 2.75) is 13.8 Å². The number of aryl methyl sites for hydroxylation is 1. The Morgan fingerprint density at radius 2 is 1.90 bits per heavy atom. The minimum atomic E-state index is 0.698. The van der Waals surface area contributed by atoms with Crippen molar-refractivity contribution in [2.24, 2.45) is 0 Å². The van der Waals surface area contributed by atoms with Crippen LogP contribution in [0.1, 0.15) is 12.6 Å². The summed E-state index contributed by atoms with van der Waals surface area (Å²) in [6.07, 6.45) is 0. The number of likely N-dealkylation sites (N-methyl/N-ethyl adjacent to an activating group) is 1. The molecule has 110 valence electrons. The first kappa shape index (κ1) is 13.7. The molecule has 1 aromatic carbocycles. The van der Waals surface area contributed by atoms with Crippen molar-refractivity contribution >= 4 is 23.1 Å². The minimum absolute atomic E-state index is 0.698. The molecule has 2 aromatic rings. The lowest BCUT2D eigenvalue weighted by Gasteiger charge is -2.36. The Morgan fingerprint density at radius 1 is 1.14 bits per heavy atom. The van der Waals surface area contributed by atoms with Crippen LogP contribution in [-0.4, -0.2) is 36.6 Å². The van der Waals surface area contributed by atoms with E-state index in [0.717, 1.165) is 31.1 Å². The van der Waals surface area contributed by atoms with Gasteiger partial charge in [-0.15, -0.1) is 0 Å². The average molecular weight is 283 g/mol. The first-order valence-electron chi connectivity index (χ1n) is 7.36. The van der Waals surface area contributed by atoms with Crippen LogP contribution >= 0.6 is 0 Å². The van der Waals surface area contributed by atoms with Gasteiger partial charge in [-0.3, -0.25) is 0 Å². The Labute approximate surface area is 125 Å². The molecule has 0 amide bonds. The molecule has 0 unspecified atom stereocenters. The summed E-state index contributed by atoms with van der Waals surface area (Å²) in [6, 6.07) is 10.5. The third kappa shape index (κ3) is 2.63. The molecule has 1 aromatic heterocycles. The maximum atomic E-state index is 4.66. The molecule has 5 nitrogen and oxygen atoms in total. The summed E-state index contributed by atoms with van der Waals surface area (Å²) < 4.78 is 0. The fourth-order valence-electron chi connectivity index (χ4n) is 2.67. The number of fused-ring (bicyclic) bond motifs is 1. The van der Waals surface area contributed by atoms with Crippen molar-refractivity contribution in [1.29, 1.82) is 0 Å². The predicted molar refractivity (Wildman–Crippen MR) is 87.7 cm³/mol. The molecular weight excluding hydrogens is 262 g/mol. The Bertz CT molecular complexity index is 640. The predicted octanol–water partition coefficient (Wildman–Crippen LogP) is 2.80. The van der Waals surface area contributed by atoms with Crippen molar-refractivity contribution in [3.63, 3.8) is 0 Å². The van der Waals surface area contributed by atoms with Crippen LogP contribution in [0.5, 0.6) is 0 Å². The molecule has 0 saturated heterocycles. The lowest BCUT2D eigenvalue weighted by molar-refractivity contribution is 0.810. The molecule has 21 heavy (non-hydrogen) atoms. The van der Waals surface area contributed by atoms with E-state index in [0.29, 0.717) is 5.95 Å². The minimum Gasteiger partial charge on any atom is -0.371 e. The molecule has 1 aliphatic rings. The molecule has 0 fully saturated rings. The summed E-state index contributed by atoms with van der Waals surface area (Å²) in [5, 5.41) is 3.20. The van der Waals surface area contributed by atoms with E-state index in [-0.39, 0.29) is 0 Å². The molecule has 3 rings (SSSR count). The van der Waals surface area contributed by atoms with Gasteiger partial charge in [-0.25, -0.2) is 4.98 Å². The quantitative estimate of drug-likeness (QED) is 0.938. The van der Waals surface area contributed by atoms with Crippen LogP contribution in [0.4, 0.5) is 23.1 Å². The number of hydrogen-bond donors (Lipinski definition) is 1. The van der Waals surface area contributed by atoms with Gasteiger partial charge in [-0.2, -0.15) is 4.98 Å². The molecule has 0 aliphatic carbocycles. The first-order chi connectivity index (χ1) is 10.2. The van der Waals surface area contributed by atoms with Gasteiger partial charge in [-0.05, 0) is 26.0 Å². The van der Waals surface area contributed by atoms with Gasteiger partial charge in [0, 0.05) is 38.4 Å². The van der Waals surface area contributed by atoms with Gasteiger partial charge in [0.1, 0.15) is 5.82 Å². The summed E-state index contributed by atoms with van der Waals surface area (Å²) in [5.41, 5.74) is 3.42. The highest BCUT2D eigenvalue weighted by atomic mass is 15.3. The van der Waals surface area contributed by atoms with E-state index >= 15 is 0 Å². The lowest BCUT2D eigenvalue weighted by atomic mass is 10.1. The number of rotatable bonds is 3. The van der Waals surface area contributed by atoms with Crippen LogP contribution in [0.2, 0.25) is 0 Å². The van der Waals surface area contributed by atoms with E-state index in [2.05, 4.69) is 63.3 Å². The van der Waals surface area contributed by atoms with Gasteiger partial charge in [0.25, 0.3) is 0 Å². The van der Waals surface area contributed by atoms with Gasteiger partial charge in [-0.1, -0.05) is 12.1 Å². The largest absolute Gasteiger partial charge is 0.371 e. The molecule has 1 N–H and O–H groups in total. The highest BCUT2D eigenvalue weighted by Crippen LogP contribution is 2.36. The van der Waals surface area contributed by atoms with Gasteiger partial charge in [0.2, 0.25) is 5.95 Å². The van der Waals surface area contributed by atoms with Crippen LogP contribution in [0, 0.1) is 6.92 Å². The zero-order chi connectivity index (χ0) is 14.8. The Morgan fingerprint density at radius 3 is 2.67 bits per heavy atom. The second kappa shape index (κ2) is 5.60. The SMILES string of the molecule is CCNc1nc(C)cc(N2CCN(C)c3ccccc32)n1. The Balaban J connectivity index is 2.03. The molecular formula is C16H21N5. The van der Waals surface area contributed by atoms with Crippen molar-refractivity contribution < 1.29 is 0 Å². The van der Waals surface area contributed by atoms with E-state index in [1.165, 1.54) is 11.4 Å². The van der Waals surface area contributed by atoms with Gasteiger partial charge in [0.15, 0.2) is 0 Å². The van der Waals surface area contributed by atoms with Gasteiger partial charge in [0.05, 0.1) is 11.4 Å². The van der Waals surface area contributed by atoms with Crippen molar-refractivity contribution in [3.05, 3.63) is 36.0 Å². The number of hydrogen-bond acceptors (Lipinski definition) is 5. The molecule has 2 heterocycles. The second-order valence-electron chi connectivity index (χ2n) is 5.28. The third-order valence-corrected chi connectivity index (χ3v) is 3.69. The normalized spacial score (nSPS) is 14.0. The molecule has 0 spiro atoms. The molecule has 1 aliphatic heterocycles. The van der Waals surface area contributed by atoms with Crippen LogP contribution in [-0.2, 0) is 0 Å². The van der Waals surface area contributed by atoms with E-state index in [1.54, 1.807) is 0 Å². The van der Waals surface area contributed by atoms with E-state index in [1.807, 2.05) is 13.0 Å². The zero-order valence-electron chi connectivity index (χ0n) is 12.8. The number of anilines is 4. The maximum Gasteiger partial charge on any atom is 0.224 e. The molecule has 0 radical (unpaired) electrons. The zero-order valence-corrected chi connectivity index (χ0v) is 12.8. The summed E-state index contributed by atoms with van der Waals surface area (Å²) >= 11 is 0. The molecule has 5 heteroatoms. The fraction of sp³-hybridized carbons (Fsp3) is 0.375. The summed E-state index contributed by atoms with van der Waals surface area (Å²) in [6.45, 7) is 6.79. The van der Waals surface area contributed by atoms with Gasteiger partial charge >= 0.3 is 0 Å². The number of nitrogens with zero attached hydrogens (tertiary/aromatic N) is 4. The highest BCUT2D eigenvalue weighted by Gasteiger charge is 2.22. The standard InChI is InChI=1S/C16H21N5/c1-4-17-16-18-12(2)11-15(19-16)21-10-9-20(3)13-7-5-6-8-14(13)21/h5-8,11H,4,9-10H2,1-3H3,(H,17,18,19). The lowest BCUT2D eigenvalue weighted by Crippen LogP contribution is -2.36. The smallest absolute Gasteiger partial charge is 0.224 e. The van der Waals surface area contributed by atoms with E-state index in [9.17, 15) is 0 Å². The Kier molecular flexibility index (Phi) is 3.64. The topological polar surface area (TPSA) is 44.3 Å². The van der Waals surface area contributed by atoms with Crippen molar-refractivity contribution in [3.8, 4) is 0 Å². The second-order valence-corrected chi connectivity index (χ2v) is 5.28. The first-order valence-corrected chi connectivity index (χ1v) is 7.36. The van der Waals surface area contributed by atoms with E-state index in [4.69, 9.17) is 0 Å². The van der Waals surface area contributed by atoms with Crippen LogP contribution in [0.3, 0.4) is 0 Å². The summed E-state index contributed by atoms with van der Waals surface area (Å²) in [4.78, 5) is 13.6.